The molecule has 0 fully saturated rings. The van der Waals surface area contributed by atoms with Crippen LogP contribution in [0.4, 0.5) is 13.2 Å². The molecule has 0 spiro atoms. The molecule has 6 nitrogen and oxygen atoms in total. The first-order chi connectivity index (χ1) is 10.7. The number of alkyl halides is 3. The van der Waals surface area contributed by atoms with E-state index in [1.165, 1.54) is 12.1 Å². The van der Waals surface area contributed by atoms with Crippen molar-refractivity contribution in [2.24, 2.45) is 0 Å². The number of aliphatic carboxylic acids is 1. The van der Waals surface area contributed by atoms with Crippen molar-refractivity contribution in [1.82, 2.24) is 10.3 Å². The third kappa shape index (κ3) is 6.37. The van der Waals surface area contributed by atoms with Crippen LogP contribution >= 0.6 is 0 Å². The van der Waals surface area contributed by atoms with Crippen LogP contribution in [-0.2, 0) is 4.79 Å². The highest BCUT2D eigenvalue weighted by Gasteiger charge is 2.30. The lowest BCUT2D eigenvalue weighted by atomic mass is 10.1. The molecule has 0 aliphatic carbocycles. The minimum atomic E-state index is -4.58. The molecule has 0 aromatic carbocycles. The third-order valence-corrected chi connectivity index (χ3v) is 2.60. The summed E-state index contributed by atoms with van der Waals surface area (Å²) in [5.74, 6) is -2.66. The van der Waals surface area contributed by atoms with Gasteiger partial charge in [0, 0.05) is 6.20 Å². The van der Waals surface area contributed by atoms with E-state index < -0.39 is 36.6 Å². The summed E-state index contributed by atoms with van der Waals surface area (Å²) in [7, 11) is 0. The van der Waals surface area contributed by atoms with Crippen molar-refractivity contribution in [2.45, 2.75) is 25.6 Å². The maximum atomic E-state index is 12.2. The van der Waals surface area contributed by atoms with Crippen LogP contribution in [0.25, 0.3) is 0 Å². The van der Waals surface area contributed by atoms with Crippen LogP contribution in [0.15, 0.2) is 30.5 Å². The summed E-state index contributed by atoms with van der Waals surface area (Å²) in [5.41, 5.74) is -0.275. The van der Waals surface area contributed by atoms with Gasteiger partial charge in [-0.15, -0.1) is 0 Å². The molecule has 0 aliphatic rings. The molecular formula is C14H15F3N2O4. The van der Waals surface area contributed by atoms with Crippen molar-refractivity contribution < 1.29 is 32.6 Å². The molecule has 0 saturated carbocycles. The second-order valence-corrected chi connectivity index (χ2v) is 4.43. The molecule has 0 bridgehead atoms. The molecule has 1 rings (SSSR count). The third-order valence-electron chi connectivity index (χ3n) is 2.60. The van der Waals surface area contributed by atoms with Gasteiger partial charge in [-0.2, -0.15) is 13.2 Å². The lowest BCUT2D eigenvalue weighted by Crippen LogP contribution is -2.40. The molecule has 1 amide bonds. The zero-order valence-corrected chi connectivity index (χ0v) is 12.1. The first-order valence-electron chi connectivity index (χ1n) is 6.54. The number of carboxylic acid groups (broad SMARTS) is 1. The van der Waals surface area contributed by atoms with Crippen LogP contribution in [0.5, 0.6) is 5.88 Å². The summed E-state index contributed by atoms with van der Waals surface area (Å²) < 4.78 is 41.1. The molecule has 1 unspecified atom stereocenters. The average Bonchev–Trinajstić information content (AvgIpc) is 2.48. The predicted octanol–water partition coefficient (Wildman–Crippen LogP) is 2.17. The van der Waals surface area contributed by atoms with Crippen LogP contribution in [0.1, 0.15) is 23.7 Å². The quantitative estimate of drug-likeness (QED) is 0.747. The van der Waals surface area contributed by atoms with E-state index >= 15 is 0 Å². The smallest absolute Gasteiger partial charge is 0.422 e. The summed E-state index contributed by atoms with van der Waals surface area (Å²) in [6, 6.07) is 1.31. The molecule has 9 heteroatoms. The van der Waals surface area contributed by atoms with Gasteiger partial charge < -0.3 is 15.2 Å². The molecule has 0 aliphatic heterocycles. The van der Waals surface area contributed by atoms with Crippen molar-refractivity contribution in [3.05, 3.63) is 36.0 Å². The summed E-state index contributed by atoms with van der Waals surface area (Å²) in [4.78, 5) is 26.7. The number of carbonyl (C=O) groups excluding carboxylic acids is 1. The normalized spacial score (nSPS) is 12.9. The molecular weight excluding hydrogens is 317 g/mol. The monoisotopic (exact) mass is 332 g/mol. The number of rotatable bonds is 7. The average molecular weight is 332 g/mol. The number of halogens is 3. The van der Waals surface area contributed by atoms with E-state index in [0.29, 0.717) is 0 Å². The van der Waals surface area contributed by atoms with Crippen LogP contribution < -0.4 is 10.1 Å². The number of hydrogen-bond donors (Lipinski definition) is 2. The standard InChI is InChI=1S/C14H15F3N2O4/c1-2-3-6-10(13(21)22)19-11(20)9-5-4-7-18-12(9)23-8-14(15,16)17/h2-5,7,10H,6,8H2,1H3,(H,19,20)(H,21,22)/b3-2+. The van der Waals surface area contributed by atoms with Crippen LogP contribution in [0.3, 0.4) is 0 Å². The van der Waals surface area contributed by atoms with Crippen molar-refractivity contribution in [1.29, 1.82) is 0 Å². The number of hydrogen-bond acceptors (Lipinski definition) is 4. The predicted molar refractivity (Wildman–Crippen MR) is 74.1 cm³/mol. The maximum Gasteiger partial charge on any atom is 0.422 e. The minimum absolute atomic E-state index is 0.0383. The summed E-state index contributed by atoms with van der Waals surface area (Å²) in [5, 5.41) is 11.2. The zero-order valence-electron chi connectivity index (χ0n) is 12.1. The van der Waals surface area contributed by atoms with E-state index in [4.69, 9.17) is 5.11 Å². The number of pyridine rings is 1. The van der Waals surface area contributed by atoms with Crippen molar-refractivity contribution in [3.8, 4) is 5.88 Å². The van der Waals surface area contributed by atoms with Crippen molar-refractivity contribution >= 4 is 11.9 Å². The van der Waals surface area contributed by atoms with Crippen molar-refractivity contribution in [3.63, 3.8) is 0 Å². The highest BCUT2D eigenvalue weighted by Crippen LogP contribution is 2.20. The number of amides is 1. The minimum Gasteiger partial charge on any atom is -0.480 e. The Hall–Kier alpha value is -2.58. The van der Waals surface area contributed by atoms with Gasteiger partial charge in [0.15, 0.2) is 6.61 Å². The van der Waals surface area contributed by atoms with E-state index in [-0.39, 0.29) is 12.0 Å². The number of nitrogens with zero attached hydrogens (tertiary/aromatic N) is 1. The second-order valence-electron chi connectivity index (χ2n) is 4.43. The number of allylic oxidation sites excluding steroid dienone is 1. The fourth-order valence-electron chi connectivity index (χ4n) is 1.56. The van der Waals surface area contributed by atoms with E-state index in [1.807, 2.05) is 0 Å². The Balaban J connectivity index is 2.88. The van der Waals surface area contributed by atoms with Gasteiger partial charge in [-0.05, 0) is 25.5 Å². The van der Waals surface area contributed by atoms with Gasteiger partial charge >= 0.3 is 12.1 Å². The molecule has 23 heavy (non-hydrogen) atoms. The lowest BCUT2D eigenvalue weighted by molar-refractivity contribution is -0.154. The van der Waals surface area contributed by atoms with Gasteiger partial charge in [0.1, 0.15) is 11.6 Å². The maximum absolute atomic E-state index is 12.2. The molecule has 1 aromatic heterocycles. The van der Waals surface area contributed by atoms with Crippen LogP contribution in [0.2, 0.25) is 0 Å². The topological polar surface area (TPSA) is 88.5 Å². The molecule has 0 radical (unpaired) electrons. The molecule has 1 aromatic rings. The highest BCUT2D eigenvalue weighted by molar-refractivity contribution is 5.98. The summed E-state index contributed by atoms with van der Waals surface area (Å²) in [6.45, 7) is 0.0795. The number of ether oxygens (including phenoxy) is 1. The lowest BCUT2D eigenvalue weighted by Gasteiger charge is -2.15. The molecule has 0 saturated heterocycles. The summed E-state index contributed by atoms with van der Waals surface area (Å²) >= 11 is 0. The van der Waals surface area contributed by atoms with E-state index in [9.17, 15) is 22.8 Å². The van der Waals surface area contributed by atoms with E-state index in [1.54, 1.807) is 19.1 Å². The number of aromatic nitrogens is 1. The van der Waals surface area contributed by atoms with Crippen LogP contribution in [-0.4, -0.2) is 40.8 Å². The van der Waals surface area contributed by atoms with E-state index in [2.05, 4.69) is 15.0 Å². The highest BCUT2D eigenvalue weighted by atomic mass is 19.4. The number of carboxylic acids is 1. The zero-order chi connectivity index (χ0) is 17.5. The van der Waals surface area contributed by atoms with Gasteiger partial charge in [0.2, 0.25) is 5.88 Å². The van der Waals surface area contributed by atoms with Crippen molar-refractivity contribution in [2.75, 3.05) is 6.61 Å². The Labute approximate surface area is 130 Å². The fourth-order valence-corrected chi connectivity index (χ4v) is 1.56. The van der Waals surface area contributed by atoms with Crippen LogP contribution in [0, 0.1) is 0 Å². The first kappa shape index (κ1) is 18.5. The molecule has 1 atom stereocenters. The van der Waals surface area contributed by atoms with E-state index in [0.717, 1.165) is 6.20 Å². The molecule has 1 heterocycles. The second kappa shape index (κ2) is 8.16. The molecule has 2 N–H and O–H groups in total. The number of nitrogens with one attached hydrogen (secondary N) is 1. The largest absolute Gasteiger partial charge is 0.480 e. The SMILES string of the molecule is C/C=C/CC(NC(=O)c1cccnc1OCC(F)(F)F)C(=O)O. The van der Waals surface area contributed by atoms with Gasteiger partial charge in [-0.25, -0.2) is 9.78 Å². The fraction of sp³-hybridized carbons (Fsp3) is 0.357. The van der Waals surface area contributed by atoms with Gasteiger partial charge in [0.05, 0.1) is 0 Å². The Bertz CT molecular complexity index is 588. The Morgan fingerprint density at radius 3 is 2.74 bits per heavy atom. The van der Waals surface area contributed by atoms with Gasteiger partial charge in [0.25, 0.3) is 5.91 Å². The number of carbonyl (C=O) groups is 2. The van der Waals surface area contributed by atoms with Gasteiger partial charge in [-0.3, -0.25) is 4.79 Å². The summed E-state index contributed by atoms with van der Waals surface area (Å²) in [6.07, 6.45) is -0.220. The Kier molecular flexibility index (Phi) is 6.55. The molecule has 126 valence electrons. The Morgan fingerprint density at radius 1 is 1.48 bits per heavy atom. The first-order valence-corrected chi connectivity index (χ1v) is 6.54. The Morgan fingerprint density at radius 2 is 2.17 bits per heavy atom. The van der Waals surface area contributed by atoms with Gasteiger partial charge in [-0.1, -0.05) is 12.2 Å².